The molecule has 0 radical (unpaired) electrons. The van der Waals surface area contributed by atoms with Gasteiger partial charge in [-0.25, -0.2) is 8.42 Å². The van der Waals surface area contributed by atoms with Crippen LogP contribution in [0.1, 0.15) is 25.0 Å². The van der Waals surface area contributed by atoms with Crippen molar-refractivity contribution in [3.63, 3.8) is 0 Å². The maximum absolute atomic E-state index is 14.8. The lowest BCUT2D eigenvalue weighted by Gasteiger charge is -2.34. The molecule has 0 unspecified atom stereocenters. The molecule has 1 atom stereocenters. The van der Waals surface area contributed by atoms with Gasteiger partial charge in [0.1, 0.15) is 18.3 Å². The van der Waals surface area contributed by atoms with Crippen LogP contribution in [0.3, 0.4) is 0 Å². The Morgan fingerprint density at radius 2 is 1.44 bits per heavy atom. The predicted octanol–water partition coefficient (Wildman–Crippen LogP) is 6.63. The van der Waals surface area contributed by atoms with E-state index in [1.165, 1.54) is 56.6 Å². The van der Waals surface area contributed by atoms with Crippen molar-refractivity contribution in [2.24, 2.45) is 5.92 Å². The van der Waals surface area contributed by atoms with Gasteiger partial charge in [0, 0.05) is 35.6 Å². The van der Waals surface area contributed by atoms with Crippen LogP contribution in [0.4, 0.5) is 5.69 Å². The van der Waals surface area contributed by atoms with Crippen LogP contribution in [0, 0.1) is 5.92 Å². The van der Waals surface area contributed by atoms with Crippen molar-refractivity contribution in [1.29, 1.82) is 0 Å². The number of amides is 2. The molecule has 0 saturated heterocycles. The number of anilines is 1. The van der Waals surface area contributed by atoms with Gasteiger partial charge in [-0.05, 0) is 53.4 Å². The molecule has 10 nitrogen and oxygen atoms in total. The Bertz CT molecular complexity index is 1890. The van der Waals surface area contributed by atoms with E-state index < -0.39 is 34.4 Å². The molecule has 2 amide bonds. The molecule has 50 heavy (non-hydrogen) atoms. The standard InChI is InChI=1S/C37H41Cl2N3O7S/c1-25(2)22-40-37(44)32(19-26-11-7-6-8-12-26)41(23-27-13-9-10-14-30(27)39)36(43)24-42(31-20-28(38)15-17-33(31)47-3)50(45,46)29-16-18-34(48-4)35(21-29)49-5/h6-18,20-21,25,32H,19,22-24H2,1-5H3,(H,40,44)/t32-/m1/s1. The Morgan fingerprint density at radius 3 is 2.08 bits per heavy atom. The Morgan fingerprint density at radius 1 is 0.800 bits per heavy atom. The molecule has 4 rings (SSSR count). The van der Waals surface area contributed by atoms with E-state index in [1.807, 2.05) is 44.2 Å². The fourth-order valence-corrected chi connectivity index (χ4v) is 7.06. The summed E-state index contributed by atoms with van der Waals surface area (Å²) in [6.45, 7) is 3.50. The zero-order chi connectivity index (χ0) is 36.4. The molecule has 0 bridgehead atoms. The van der Waals surface area contributed by atoms with Gasteiger partial charge in [0.2, 0.25) is 11.8 Å². The maximum atomic E-state index is 14.8. The van der Waals surface area contributed by atoms with Crippen LogP contribution in [0.5, 0.6) is 17.2 Å². The van der Waals surface area contributed by atoms with E-state index in [9.17, 15) is 18.0 Å². The van der Waals surface area contributed by atoms with Crippen molar-refractivity contribution < 1.29 is 32.2 Å². The number of nitrogens with zero attached hydrogens (tertiary/aromatic N) is 2. The van der Waals surface area contributed by atoms with Gasteiger partial charge in [-0.1, -0.05) is 85.6 Å². The van der Waals surface area contributed by atoms with E-state index in [4.69, 9.17) is 37.4 Å². The van der Waals surface area contributed by atoms with Crippen LogP contribution in [0.2, 0.25) is 10.0 Å². The van der Waals surface area contributed by atoms with Gasteiger partial charge < -0.3 is 24.4 Å². The summed E-state index contributed by atoms with van der Waals surface area (Å²) in [5.41, 5.74) is 1.40. The average Bonchev–Trinajstić information content (AvgIpc) is 3.11. The molecule has 0 spiro atoms. The number of hydrogen-bond donors (Lipinski definition) is 1. The first-order valence-corrected chi connectivity index (χ1v) is 18.0. The van der Waals surface area contributed by atoms with Gasteiger partial charge >= 0.3 is 0 Å². The van der Waals surface area contributed by atoms with Gasteiger partial charge in [-0.3, -0.25) is 13.9 Å². The molecule has 1 N–H and O–H groups in total. The minimum atomic E-state index is -4.51. The molecule has 0 heterocycles. The summed E-state index contributed by atoms with van der Waals surface area (Å²) in [6.07, 6.45) is 0.157. The van der Waals surface area contributed by atoms with E-state index >= 15 is 0 Å². The molecule has 0 aliphatic carbocycles. The SMILES string of the molecule is COc1ccc(S(=O)(=O)N(CC(=O)N(Cc2ccccc2Cl)[C@H](Cc2ccccc2)C(=O)NCC(C)C)c2cc(Cl)ccc2OC)cc1OC. The molecule has 0 saturated carbocycles. The number of methoxy groups -OCH3 is 3. The number of benzene rings is 4. The quantitative estimate of drug-likeness (QED) is 0.137. The van der Waals surface area contributed by atoms with Crippen LogP contribution in [0.25, 0.3) is 0 Å². The van der Waals surface area contributed by atoms with Crippen molar-refractivity contribution in [1.82, 2.24) is 10.2 Å². The minimum absolute atomic E-state index is 0.0182. The van der Waals surface area contributed by atoms with Crippen molar-refractivity contribution in [2.75, 3.05) is 38.7 Å². The van der Waals surface area contributed by atoms with Crippen molar-refractivity contribution in [3.8, 4) is 17.2 Å². The summed E-state index contributed by atoms with van der Waals surface area (Å²) in [4.78, 5) is 30.0. The van der Waals surface area contributed by atoms with Gasteiger partial charge in [0.15, 0.2) is 11.5 Å². The lowest BCUT2D eigenvalue weighted by Crippen LogP contribution is -2.53. The van der Waals surface area contributed by atoms with E-state index in [0.717, 1.165) is 9.87 Å². The number of ether oxygens (including phenoxy) is 3. The molecule has 0 fully saturated rings. The largest absolute Gasteiger partial charge is 0.495 e. The van der Waals surface area contributed by atoms with Crippen LogP contribution in [0.15, 0.2) is 95.9 Å². The molecule has 0 aliphatic heterocycles. The highest BCUT2D eigenvalue weighted by atomic mass is 35.5. The number of carbonyl (C=O) groups excluding carboxylic acids is 2. The molecule has 0 aliphatic rings. The lowest BCUT2D eigenvalue weighted by molar-refractivity contribution is -0.140. The first-order chi connectivity index (χ1) is 23.9. The van der Waals surface area contributed by atoms with Crippen LogP contribution in [-0.4, -0.2) is 65.6 Å². The highest BCUT2D eigenvalue weighted by Gasteiger charge is 2.36. The number of sulfonamides is 1. The van der Waals surface area contributed by atoms with Crippen LogP contribution in [-0.2, 0) is 32.6 Å². The highest BCUT2D eigenvalue weighted by Crippen LogP contribution is 2.37. The summed E-state index contributed by atoms with van der Waals surface area (Å²) in [5.74, 6) is -0.283. The fourth-order valence-electron chi connectivity index (χ4n) is 5.26. The van der Waals surface area contributed by atoms with Crippen molar-refractivity contribution in [2.45, 2.75) is 37.8 Å². The number of hydrogen-bond acceptors (Lipinski definition) is 7. The summed E-state index contributed by atoms with van der Waals surface area (Å²) in [5, 5.41) is 3.57. The zero-order valence-corrected chi connectivity index (χ0v) is 30.9. The Balaban J connectivity index is 1.89. The van der Waals surface area contributed by atoms with Crippen molar-refractivity contribution in [3.05, 3.63) is 112 Å². The first-order valence-electron chi connectivity index (χ1n) is 15.8. The van der Waals surface area contributed by atoms with Crippen molar-refractivity contribution >= 4 is 50.7 Å². The van der Waals surface area contributed by atoms with Gasteiger partial charge in [0.25, 0.3) is 10.0 Å². The molecule has 4 aromatic rings. The zero-order valence-electron chi connectivity index (χ0n) is 28.6. The number of carbonyl (C=O) groups is 2. The molecule has 266 valence electrons. The number of rotatable bonds is 16. The van der Waals surface area contributed by atoms with Gasteiger partial charge in [-0.2, -0.15) is 0 Å². The second-order valence-electron chi connectivity index (χ2n) is 11.8. The topological polar surface area (TPSA) is 114 Å². The van der Waals surface area contributed by atoms with Gasteiger partial charge in [0.05, 0.1) is 31.9 Å². The summed E-state index contributed by atoms with van der Waals surface area (Å²) in [6, 6.07) is 23.8. The van der Waals surface area contributed by atoms with E-state index in [0.29, 0.717) is 22.9 Å². The third-order valence-electron chi connectivity index (χ3n) is 7.89. The van der Waals surface area contributed by atoms with Gasteiger partial charge in [-0.15, -0.1) is 0 Å². The second kappa shape index (κ2) is 17.5. The Kier molecular flexibility index (Phi) is 13.4. The molecule has 4 aromatic carbocycles. The molecule has 13 heteroatoms. The van der Waals surface area contributed by atoms with E-state index in [1.54, 1.807) is 30.3 Å². The van der Waals surface area contributed by atoms with E-state index in [2.05, 4.69) is 5.32 Å². The average molecular weight is 743 g/mol. The fraction of sp³-hybridized carbons (Fsp3) is 0.297. The molecule has 0 aromatic heterocycles. The molecular weight excluding hydrogens is 701 g/mol. The summed E-state index contributed by atoms with van der Waals surface area (Å²) < 4.78 is 46.3. The third kappa shape index (κ3) is 9.41. The normalized spacial score (nSPS) is 11.8. The predicted molar refractivity (Wildman–Crippen MR) is 196 cm³/mol. The van der Waals surface area contributed by atoms with Crippen LogP contribution >= 0.6 is 23.2 Å². The lowest BCUT2D eigenvalue weighted by atomic mass is 10.0. The second-order valence-corrected chi connectivity index (χ2v) is 14.5. The molecular formula is C37H41Cl2N3O7S. The van der Waals surface area contributed by atoms with Crippen LogP contribution < -0.4 is 23.8 Å². The smallest absolute Gasteiger partial charge is 0.265 e. The maximum Gasteiger partial charge on any atom is 0.265 e. The third-order valence-corrected chi connectivity index (χ3v) is 10.2. The Hall–Kier alpha value is -4.45. The first kappa shape index (κ1) is 38.4. The number of halogens is 2. The Labute approximate surface area is 303 Å². The summed E-state index contributed by atoms with van der Waals surface area (Å²) >= 11 is 13.0. The number of nitrogens with one attached hydrogen (secondary N) is 1. The summed E-state index contributed by atoms with van der Waals surface area (Å²) in [7, 11) is -0.305. The highest BCUT2D eigenvalue weighted by molar-refractivity contribution is 7.92. The monoisotopic (exact) mass is 741 g/mol. The minimum Gasteiger partial charge on any atom is -0.495 e. The van der Waals surface area contributed by atoms with E-state index in [-0.39, 0.29) is 46.0 Å².